The van der Waals surface area contributed by atoms with Crippen LogP contribution in [-0.2, 0) is 22.5 Å². The quantitative estimate of drug-likeness (QED) is 0.182. The number of thiophene rings is 1. The molecule has 0 aliphatic heterocycles. The molecule has 2 heterocycles. The molecule has 6 nitrogen and oxygen atoms in total. The Labute approximate surface area is 207 Å². The second kappa shape index (κ2) is 11.6. The summed E-state index contributed by atoms with van der Waals surface area (Å²) in [6, 6.07) is 18.0. The van der Waals surface area contributed by atoms with Crippen molar-refractivity contribution in [3.63, 3.8) is 0 Å². The highest BCUT2D eigenvalue weighted by Gasteiger charge is 2.17. The Morgan fingerprint density at radius 1 is 1.15 bits per heavy atom. The van der Waals surface area contributed by atoms with Crippen molar-refractivity contribution in [1.29, 1.82) is 0 Å². The van der Waals surface area contributed by atoms with E-state index in [0.29, 0.717) is 41.5 Å². The minimum Gasteiger partial charge on any atom is -0.379 e. The van der Waals surface area contributed by atoms with Crippen molar-refractivity contribution in [3.8, 4) is 0 Å². The van der Waals surface area contributed by atoms with Crippen LogP contribution in [0.5, 0.6) is 0 Å². The highest BCUT2D eigenvalue weighted by Crippen LogP contribution is 2.31. The molecule has 4 rings (SSSR count). The Balaban J connectivity index is 1.50. The minimum absolute atomic E-state index is 0.0530. The van der Waals surface area contributed by atoms with E-state index in [1.54, 1.807) is 4.57 Å². The van der Waals surface area contributed by atoms with E-state index in [4.69, 9.17) is 9.72 Å². The monoisotopic (exact) mass is 495 g/mol. The van der Waals surface area contributed by atoms with Crippen molar-refractivity contribution in [1.82, 2.24) is 14.9 Å². The SMILES string of the molecule is CC(C)OCCCn1c(SCC(=O)NCCc2ccccc2)nc2c(sc3ccccc32)c1=O. The molecule has 0 saturated heterocycles. The second-order valence-corrected chi connectivity index (χ2v) is 10.3. The second-order valence-electron chi connectivity index (χ2n) is 8.27. The summed E-state index contributed by atoms with van der Waals surface area (Å²) >= 11 is 2.78. The number of hydrogen-bond donors (Lipinski definition) is 1. The van der Waals surface area contributed by atoms with E-state index in [0.717, 1.165) is 16.5 Å². The van der Waals surface area contributed by atoms with Gasteiger partial charge in [-0.25, -0.2) is 4.98 Å². The third kappa shape index (κ3) is 6.05. The van der Waals surface area contributed by atoms with Gasteiger partial charge in [0.25, 0.3) is 5.56 Å². The van der Waals surface area contributed by atoms with Crippen LogP contribution in [0.2, 0.25) is 0 Å². The smallest absolute Gasteiger partial charge is 0.272 e. The summed E-state index contributed by atoms with van der Waals surface area (Å²) in [5.41, 5.74) is 1.85. The van der Waals surface area contributed by atoms with Gasteiger partial charge in [-0.3, -0.25) is 14.2 Å². The lowest BCUT2D eigenvalue weighted by molar-refractivity contribution is -0.118. The van der Waals surface area contributed by atoms with E-state index >= 15 is 0 Å². The van der Waals surface area contributed by atoms with Gasteiger partial charge in [0, 0.05) is 29.8 Å². The zero-order chi connectivity index (χ0) is 23.9. The van der Waals surface area contributed by atoms with Crippen LogP contribution < -0.4 is 10.9 Å². The molecule has 178 valence electrons. The molecule has 0 bridgehead atoms. The Kier molecular flexibility index (Phi) is 8.37. The van der Waals surface area contributed by atoms with Crippen LogP contribution in [0.4, 0.5) is 0 Å². The fourth-order valence-corrected chi connectivity index (χ4v) is 5.61. The van der Waals surface area contributed by atoms with Crippen LogP contribution in [0.3, 0.4) is 0 Å². The van der Waals surface area contributed by atoms with Crippen molar-refractivity contribution in [2.24, 2.45) is 0 Å². The number of ether oxygens (including phenoxy) is 1. The topological polar surface area (TPSA) is 73.2 Å². The largest absolute Gasteiger partial charge is 0.379 e. The number of rotatable bonds is 11. The van der Waals surface area contributed by atoms with E-state index in [2.05, 4.69) is 5.32 Å². The van der Waals surface area contributed by atoms with Crippen LogP contribution in [-0.4, -0.2) is 40.5 Å². The van der Waals surface area contributed by atoms with Crippen LogP contribution in [0.15, 0.2) is 64.5 Å². The third-order valence-electron chi connectivity index (χ3n) is 5.34. The van der Waals surface area contributed by atoms with E-state index in [-0.39, 0.29) is 23.3 Å². The molecule has 1 amide bonds. The molecule has 0 aliphatic rings. The normalized spacial score (nSPS) is 11.5. The van der Waals surface area contributed by atoms with Crippen molar-refractivity contribution in [2.75, 3.05) is 18.9 Å². The number of thioether (sulfide) groups is 1. The number of carbonyl (C=O) groups excluding carboxylic acids is 1. The summed E-state index contributed by atoms with van der Waals surface area (Å²) in [4.78, 5) is 30.8. The summed E-state index contributed by atoms with van der Waals surface area (Å²) in [5, 5.41) is 4.52. The average molecular weight is 496 g/mol. The number of benzene rings is 2. The summed E-state index contributed by atoms with van der Waals surface area (Å²) in [6.07, 6.45) is 1.63. The minimum atomic E-state index is -0.0693. The Morgan fingerprint density at radius 3 is 2.71 bits per heavy atom. The standard InChI is InChI=1S/C26H29N3O3S2/c1-18(2)32-16-8-15-29-25(31)24-23(20-11-6-7-12-21(20)34-24)28-26(29)33-17-22(30)27-14-13-19-9-4-3-5-10-19/h3-7,9-12,18H,8,13-17H2,1-2H3,(H,27,30). The van der Waals surface area contributed by atoms with Crippen LogP contribution in [0.25, 0.3) is 20.3 Å². The van der Waals surface area contributed by atoms with Crippen molar-refractivity contribution in [2.45, 2.75) is 44.5 Å². The maximum atomic E-state index is 13.4. The predicted octanol–water partition coefficient (Wildman–Crippen LogP) is 4.88. The van der Waals surface area contributed by atoms with Crippen LogP contribution in [0, 0.1) is 0 Å². The molecular weight excluding hydrogens is 466 g/mol. The number of nitrogens with one attached hydrogen (secondary N) is 1. The first-order valence-electron chi connectivity index (χ1n) is 11.5. The first-order valence-corrected chi connectivity index (χ1v) is 13.3. The number of nitrogens with zero attached hydrogens (tertiary/aromatic N) is 2. The number of amides is 1. The predicted molar refractivity (Wildman–Crippen MR) is 141 cm³/mol. The number of carbonyl (C=O) groups is 1. The van der Waals surface area contributed by atoms with E-state index in [1.165, 1.54) is 28.7 Å². The Morgan fingerprint density at radius 2 is 1.91 bits per heavy atom. The third-order valence-corrected chi connectivity index (χ3v) is 7.46. The summed E-state index contributed by atoms with van der Waals surface area (Å²) < 4.78 is 9.05. The number of hydrogen-bond acceptors (Lipinski definition) is 6. The average Bonchev–Trinajstić information content (AvgIpc) is 3.21. The lowest BCUT2D eigenvalue weighted by Crippen LogP contribution is -2.28. The molecule has 8 heteroatoms. The lowest BCUT2D eigenvalue weighted by atomic mass is 10.1. The number of aromatic nitrogens is 2. The van der Waals surface area contributed by atoms with Gasteiger partial charge in [-0.1, -0.05) is 60.3 Å². The highest BCUT2D eigenvalue weighted by molar-refractivity contribution is 7.99. The van der Waals surface area contributed by atoms with Gasteiger partial charge in [0.05, 0.1) is 17.4 Å². The molecule has 0 spiro atoms. The van der Waals surface area contributed by atoms with E-state index in [1.807, 2.05) is 68.4 Å². The fourth-order valence-electron chi connectivity index (χ4n) is 3.67. The molecule has 2 aromatic heterocycles. The van der Waals surface area contributed by atoms with Crippen molar-refractivity contribution < 1.29 is 9.53 Å². The molecule has 0 fully saturated rings. The Hall–Kier alpha value is -2.68. The zero-order valence-electron chi connectivity index (χ0n) is 19.5. The van der Waals surface area contributed by atoms with Gasteiger partial charge < -0.3 is 10.1 Å². The molecule has 0 atom stereocenters. The maximum absolute atomic E-state index is 13.4. The first kappa shape index (κ1) is 24.4. The summed E-state index contributed by atoms with van der Waals surface area (Å²) in [6.45, 7) is 5.63. The fraction of sp³-hybridized carbons (Fsp3) is 0.346. The molecular formula is C26H29N3O3S2. The molecule has 4 aromatic rings. The van der Waals surface area contributed by atoms with E-state index < -0.39 is 0 Å². The Bertz CT molecular complexity index is 1320. The van der Waals surface area contributed by atoms with Crippen molar-refractivity contribution >= 4 is 49.3 Å². The van der Waals surface area contributed by atoms with Crippen molar-refractivity contribution in [3.05, 3.63) is 70.5 Å². The maximum Gasteiger partial charge on any atom is 0.272 e. The molecule has 0 unspecified atom stereocenters. The summed E-state index contributed by atoms with van der Waals surface area (Å²) in [7, 11) is 0. The lowest BCUT2D eigenvalue weighted by Gasteiger charge is -2.13. The van der Waals surface area contributed by atoms with E-state index in [9.17, 15) is 9.59 Å². The molecule has 0 saturated carbocycles. The molecule has 34 heavy (non-hydrogen) atoms. The summed E-state index contributed by atoms with van der Waals surface area (Å²) in [5.74, 6) is 0.136. The van der Waals surface area contributed by atoms with Gasteiger partial charge in [-0.05, 0) is 38.3 Å². The highest BCUT2D eigenvalue weighted by atomic mass is 32.2. The molecule has 2 aromatic carbocycles. The molecule has 1 N–H and O–H groups in total. The van der Waals surface area contributed by atoms with Gasteiger partial charge in [-0.2, -0.15) is 0 Å². The van der Waals surface area contributed by atoms with Gasteiger partial charge >= 0.3 is 0 Å². The van der Waals surface area contributed by atoms with Gasteiger partial charge in [0.2, 0.25) is 5.91 Å². The first-order chi connectivity index (χ1) is 16.5. The van der Waals surface area contributed by atoms with Gasteiger partial charge in [0.1, 0.15) is 4.70 Å². The number of fused-ring (bicyclic) bond motifs is 3. The molecule has 0 aliphatic carbocycles. The van der Waals surface area contributed by atoms with Crippen LogP contribution in [0.1, 0.15) is 25.8 Å². The molecule has 0 radical (unpaired) electrons. The van der Waals surface area contributed by atoms with Gasteiger partial charge in [-0.15, -0.1) is 11.3 Å². The zero-order valence-corrected chi connectivity index (χ0v) is 21.1. The van der Waals surface area contributed by atoms with Crippen LogP contribution >= 0.6 is 23.1 Å². The van der Waals surface area contributed by atoms with Gasteiger partial charge in [0.15, 0.2) is 5.16 Å².